The molecule has 0 aliphatic rings. The third-order valence-corrected chi connectivity index (χ3v) is 4.53. The van der Waals surface area contributed by atoms with Crippen LogP contribution in [0, 0.1) is 0 Å². The molecular formula is C15H16BrN3O3S. The number of anilines is 2. The SMILES string of the molecule is C[C@@H](Nc1ccc(Br)cc1)C(=O)Nc1ccc(S(N)(=O)=O)cc1. The van der Waals surface area contributed by atoms with Crippen molar-refractivity contribution in [1.82, 2.24) is 0 Å². The number of carbonyl (C=O) groups excluding carboxylic acids is 1. The maximum absolute atomic E-state index is 12.1. The molecule has 0 aliphatic heterocycles. The summed E-state index contributed by atoms with van der Waals surface area (Å²) in [4.78, 5) is 12.1. The van der Waals surface area contributed by atoms with E-state index in [0.717, 1.165) is 10.2 Å². The smallest absolute Gasteiger partial charge is 0.246 e. The molecule has 2 rings (SSSR count). The third-order valence-electron chi connectivity index (χ3n) is 3.07. The van der Waals surface area contributed by atoms with Crippen molar-refractivity contribution in [3.8, 4) is 0 Å². The van der Waals surface area contributed by atoms with Gasteiger partial charge >= 0.3 is 0 Å². The Morgan fingerprint density at radius 1 is 1.04 bits per heavy atom. The molecule has 23 heavy (non-hydrogen) atoms. The van der Waals surface area contributed by atoms with Gasteiger partial charge in [-0.05, 0) is 55.5 Å². The first-order chi connectivity index (χ1) is 10.8. The number of amides is 1. The molecule has 2 aromatic carbocycles. The number of halogens is 1. The number of sulfonamides is 1. The number of nitrogens with one attached hydrogen (secondary N) is 2. The van der Waals surface area contributed by atoms with Crippen LogP contribution in [0.25, 0.3) is 0 Å². The molecule has 0 radical (unpaired) electrons. The minimum Gasteiger partial charge on any atom is -0.374 e. The van der Waals surface area contributed by atoms with Gasteiger partial charge in [-0.3, -0.25) is 4.79 Å². The molecule has 0 saturated carbocycles. The Bertz CT molecular complexity index is 790. The highest BCUT2D eigenvalue weighted by atomic mass is 79.9. The molecule has 0 spiro atoms. The van der Waals surface area contributed by atoms with E-state index < -0.39 is 16.1 Å². The average Bonchev–Trinajstić information content (AvgIpc) is 2.49. The normalized spacial score (nSPS) is 12.5. The Balaban J connectivity index is 1.99. The van der Waals surface area contributed by atoms with Crippen molar-refractivity contribution in [2.24, 2.45) is 5.14 Å². The summed E-state index contributed by atoms with van der Waals surface area (Å²) in [6.07, 6.45) is 0. The van der Waals surface area contributed by atoms with Crippen molar-refractivity contribution in [2.75, 3.05) is 10.6 Å². The van der Waals surface area contributed by atoms with Gasteiger partial charge in [-0.25, -0.2) is 13.6 Å². The van der Waals surface area contributed by atoms with Crippen molar-refractivity contribution in [3.05, 3.63) is 53.0 Å². The molecule has 0 heterocycles. The van der Waals surface area contributed by atoms with Gasteiger partial charge in [-0.2, -0.15) is 0 Å². The predicted octanol–water partition coefficient (Wildman–Crippen LogP) is 2.54. The lowest BCUT2D eigenvalue weighted by atomic mass is 10.2. The number of primary sulfonamides is 1. The standard InChI is InChI=1S/C15H16BrN3O3S/c1-10(18-12-4-2-11(16)3-5-12)15(20)19-13-6-8-14(9-7-13)23(17,21)22/h2-10,18H,1H3,(H,19,20)(H2,17,21,22)/t10-/m1/s1. The van der Waals surface area contributed by atoms with Crippen LogP contribution in [0.5, 0.6) is 0 Å². The Hall–Kier alpha value is -1.90. The second-order valence-corrected chi connectivity index (χ2v) is 7.41. The summed E-state index contributed by atoms with van der Waals surface area (Å²) in [5.41, 5.74) is 1.31. The topological polar surface area (TPSA) is 101 Å². The summed E-state index contributed by atoms with van der Waals surface area (Å²) >= 11 is 3.35. The van der Waals surface area contributed by atoms with E-state index in [1.165, 1.54) is 24.3 Å². The zero-order valence-electron chi connectivity index (χ0n) is 12.3. The fourth-order valence-electron chi connectivity index (χ4n) is 1.84. The van der Waals surface area contributed by atoms with Gasteiger partial charge in [0, 0.05) is 15.8 Å². The van der Waals surface area contributed by atoms with Gasteiger partial charge < -0.3 is 10.6 Å². The van der Waals surface area contributed by atoms with Gasteiger partial charge in [0.2, 0.25) is 15.9 Å². The molecule has 0 aliphatic carbocycles. The van der Waals surface area contributed by atoms with Crippen LogP contribution in [0.4, 0.5) is 11.4 Å². The number of benzene rings is 2. The number of carbonyl (C=O) groups is 1. The van der Waals surface area contributed by atoms with E-state index in [-0.39, 0.29) is 10.8 Å². The number of hydrogen-bond acceptors (Lipinski definition) is 4. The molecule has 2 aromatic rings. The zero-order valence-corrected chi connectivity index (χ0v) is 14.7. The first-order valence-corrected chi connectivity index (χ1v) is 9.05. The molecule has 122 valence electrons. The Morgan fingerprint density at radius 3 is 2.09 bits per heavy atom. The van der Waals surface area contributed by atoms with Crippen LogP contribution >= 0.6 is 15.9 Å². The maximum Gasteiger partial charge on any atom is 0.246 e. The zero-order chi connectivity index (χ0) is 17.0. The van der Waals surface area contributed by atoms with E-state index in [9.17, 15) is 13.2 Å². The van der Waals surface area contributed by atoms with Crippen molar-refractivity contribution >= 4 is 43.2 Å². The third kappa shape index (κ3) is 5.05. The predicted molar refractivity (Wildman–Crippen MR) is 93.7 cm³/mol. The van der Waals surface area contributed by atoms with Gasteiger partial charge in [-0.15, -0.1) is 0 Å². The minimum atomic E-state index is -3.74. The summed E-state index contributed by atoms with van der Waals surface area (Å²) in [5, 5.41) is 10.8. The molecular weight excluding hydrogens is 382 g/mol. The summed E-state index contributed by atoms with van der Waals surface area (Å²) in [6.45, 7) is 1.73. The van der Waals surface area contributed by atoms with E-state index in [1.54, 1.807) is 6.92 Å². The minimum absolute atomic E-state index is 0.00321. The number of rotatable bonds is 5. The Morgan fingerprint density at radius 2 is 1.57 bits per heavy atom. The van der Waals surface area contributed by atoms with Crippen LogP contribution < -0.4 is 15.8 Å². The van der Waals surface area contributed by atoms with Crippen LogP contribution in [0.3, 0.4) is 0 Å². The van der Waals surface area contributed by atoms with Crippen molar-refractivity contribution in [2.45, 2.75) is 17.9 Å². The fourth-order valence-corrected chi connectivity index (χ4v) is 2.62. The van der Waals surface area contributed by atoms with Crippen molar-refractivity contribution in [1.29, 1.82) is 0 Å². The van der Waals surface area contributed by atoms with E-state index >= 15 is 0 Å². The van der Waals surface area contributed by atoms with Crippen LogP contribution in [0.15, 0.2) is 57.9 Å². The van der Waals surface area contributed by atoms with Crippen LogP contribution in [-0.4, -0.2) is 20.4 Å². The molecule has 0 fully saturated rings. The molecule has 1 amide bonds. The second-order valence-electron chi connectivity index (χ2n) is 4.93. The highest BCUT2D eigenvalue weighted by molar-refractivity contribution is 9.10. The van der Waals surface area contributed by atoms with E-state index in [4.69, 9.17) is 5.14 Å². The Labute approximate surface area is 143 Å². The summed E-state index contributed by atoms with van der Waals surface area (Å²) in [7, 11) is -3.74. The van der Waals surface area contributed by atoms with E-state index in [0.29, 0.717) is 5.69 Å². The molecule has 0 bridgehead atoms. The van der Waals surface area contributed by atoms with Gasteiger partial charge in [0.1, 0.15) is 6.04 Å². The highest BCUT2D eigenvalue weighted by Gasteiger charge is 2.13. The lowest BCUT2D eigenvalue weighted by Crippen LogP contribution is -2.31. The molecule has 4 N–H and O–H groups in total. The van der Waals surface area contributed by atoms with Crippen LogP contribution in [0.2, 0.25) is 0 Å². The monoisotopic (exact) mass is 397 g/mol. The first-order valence-electron chi connectivity index (χ1n) is 6.71. The van der Waals surface area contributed by atoms with E-state index in [1.807, 2.05) is 24.3 Å². The quantitative estimate of drug-likeness (QED) is 0.721. The molecule has 0 saturated heterocycles. The molecule has 0 aromatic heterocycles. The van der Waals surface area contributed by atoms with Gasteiger partial charge in [0.25, 0.3) is 0 Å². The molecule has 6 nitrogen and oxygen atoms in total. The van der Waals surface area contributed by atoms with Crippen LogP contribution in [-0.2, 0) is 14.8 Å². The number of nitrogens with two attached hydrogens (primary N) is 1. The second kappa shape index (κ2) is 7.12. The fraction of sp³-hybridized carbons (Fsp3) is 0.133. The summed E-state index contributed by atoms with van der Waals surface area (Å²) in [5.74, 6) is -0.240. The van der Waals surface area contributed by atoms with Gasteiger partial charge in [0.05, 0.1) is 4.90 Å². The van der Waals surface area contributed by atoms with Crippen molar-refractivity contribution in [3.63, 3.8) is 0 Å². The number of hydrogen-bond donors (Lipinski definition) is 3. The highest BCUT2D eigenvalue weighted by Crippen LogP contribution is 2.16. The van der Waals surface area contributed by atoms with Gasteiger partial charge in [-0.1, -0.05) is 15.9 Å². The molecule has 1 atom stereocenters. The molecule has 0 unspecified atom stereocenters. The summed E-state index contributed by atoms with van der Waals surface area (Å²) in [6, 6.07) is 12.7. The Kier molecular flexibility index (Phi) is 5.40. The average molecular weight is 398 g/mol. The maximum atomic E-state index is 12.1. The summed E-state index contributed by atoms with van der Waals surface area (Å²) < 4.78 is 23.3. The lowest BCUT2D eigenvalue weighted by molar-refractivity contribution is -0.116. The van der Waals surface area contributed by atoms with E-state index in [2.05, 4.69) is 26.6 Å². The molecule has 8 heteroatoms. The van der Waals surface area contributed by atoms with Crippen LogP contribution in [0.1, 0.15) is 6.92 Å². The van der Waals surface area contributed by atoms with Gasteiger partial charge in [0.15, 0.2) is 0 Å². The first kappa shape index (κ1) is 17.5. The lowest BCUT2D eigenvalue weighted by Gasteiger charge is -2.15. The largest absolute Gasteiger partial charge is 0.374 e. The van der Waals surface area contributed by atoms with Crippen molar-refractivity contribution < 1.29 is 13.2 Å².